The predicted octanol–water partition coefficient (Wildman–Crippen LogP) is 4.40. The second-order valence-electron chi connectivity index (χ2n) is 7.69. The Morgan fingerprint density at radius 1 is 1.21 bits per heavy atom. The zero-order valence-corrected chi connectivity index (χ0v) is 17.9. The van der Waals surface area contributed by atoms with Crippen LogP contribution in [0.3, 0.4) is 0 Å². The molecule has 0 amide bonds. The van der Waals surface area contributed by atoms with Crippen LogP contribution < -0.4 is 9.47 Å². The van der Waals surface area contributed by atoms with Crippen LogP contribution in [0.2, 0.25) is 0 Å². The van der Waals surface area contributed by atoms with Gasteiger partial charge in [-0.05, 0) is 58.2 Å². The van der Waals surface area contributed by atoms with Crippen molar-refractivity contribution in [3.8, 4) is 17.7 Å². The minimum Gasteiger partial charge on any atom is -0.487 e. The summed E-state index contributed by atoms with van der Waals surface area (Å²) in [4.78, 5) is 16.9. The number of ether oxygens (including phenoxy) is 3. The molecule has 2 aromatic rings. The summed E-state index contributed by atoms with van der Waals surface area (Å²) in [5.74, 6) is 0.658. The Labute approximate surface area is 171 Å². The van der Waals surface area contributed by atoms with Gasteiger partial charge < -0.3 is 14.2 Å². The number of carbonyl (C=O) groups is 1. The van der Waals surface area contributed by atoms with Gasteiger partial charge in [0.1, 0.15) is 17.3 Å². The lowest BCUT2D eigenvalue weighted by Gasteiger charge is -2.10. The second kappa shape index (κ2) is 9.97. The Morgan fingerprint density at radius 2 is 1.90 bits per heavy atom. The molecular formula is C22H29N3O4. The van der Waals surface area contributed by atoms with Gasteiger partial charge in [-0.1, -0.05) is 13.8 Å². The number of esters is 1. The average Bonchev–Trinajstić information content (AvgIpc) is 2.96. The minimum atomic E-state index is -0.659. The summed E-state index contributed by atoms with van der Waals surface area (Å²) in [6.45, 7) is 12.0. The zero-order chi connectivity index (χ0) is 21.6. The number of nitriles is 1. The van der Waals surface area contributed by atoms with E-state index in [1.54, 1.807) is 10.6 Å². The smallest absolute Gasteiger partial charge is 0.348 e. The van der Waals surface area contributed by atoms with Crippen molar-refractivity contribution in [1.29, 1.82) is 5.26 Å². The molecule has 29 heavy (non-hydrogen) atoms. The first-order valence-electron chi connectivity index (χ1n) is 9.86. The molecule has 0 saturated carbocycles. The Kier molecular flexibility index (Phi) is 7.66. The fraction of sp³-hybridized carbons (Fsp3) is 0.500. The highest BCUT2D eigenvalue weighted by molar-refractivity contribution is 5.98. The first-order chi connectivity index (χ1) is 13.7. The van der Waals surface area contributed by atoms with Crippen LogP contribution >= 0.6 is 0 Å². The molecule has 7 heteroatoms. The lowest BCUT2D eigenvalue weighted by atomic mass is 10.1. The summed E-state index contributed by atoms with van der Waals surface area (Å²) in [5, 5.41) is 9.51. The van der Waals surface area contributed by atoms with E-state index in [-0.39, 0.29) is 24.4 Å². The summed E-state index contributed by atoms with van der Waals surface area (Å²) in [6.07, 6.45) is 3.81. The molecule has 0 aliphatic rings. The number of hydrogen-bond donors (Lipinski definition) is 0. The van der Waals surface area contributed by atoms with Crippen molar-refractivity contribution < 1.29 is 19.0 Å². The zero-order valence-electron chi connectivity index (χ0n) is 17.9. The van der Waals surface area contributed by atoms with Crippen LogP contribution in [0.25, 0.3) is 11.7 Å². The van der Waals surface area contributed by atoms with Crippen molar-refractivity contribution in [2.24, 2.45) is 5.92 Å². The topological polar surface area (TPSA) is 85.9 Å². The number of fused-ring (bicyclic) bond motifs is 1. The molecule has 0 unspecified atom stereocenters. The molecule has 0 N–H and O–H groups in total. The number of imidazole rings is 1. The summed E-state index contributed by atoms with van der Waals surface area (Å²) < 4.78 is 18.7. The van der Waals surface area contributed by atoms with Gasteiger partial charge in [0, 0.05) is 6.20 Å². The van der Waals surface area contributed by atoms with Crippen molar-refractivity contribution in [2.45, 2.75) is 60.2 Å². The van der Waals surface area contributed by atoms with Crippen LogP contribution in [0.5, 0.6) is 11.6 Å². The number of carbonyl (C=O) groups excluding carboxylic acids is 1. The number of hydrogen-bond acceptors (Lipinski definition) is 6. The van der Waals surface area contributed by atoms with Gasteiger partial charge in [0.25, 0.3) is 0 Å². The van der Waals surface area contributed by atoms with E-state index < -0.39 is 5.97 Å². The molecule has 0 aromatic carbocycles. The van der Waals surface area contributed by atoms with Gasteiger partial charge in [0.15, 0.2) is 11.4 Å². The van der Waals surface area contributed by atoms with Gasteiger partial charge in [-0.3, -0.25) is 4.40 Å². The van der Waals surface area contributed by atoms with Gasteiger partial charge >= 0.3 is 5.97 Å². The first kappa shape index (κ1) is 22.3. The molecular weight excluding hydrogens is 370 g/mol. The Balaban J connectivity index is 2.49. The van der Waals surface area contributed by atoms with Crippen molar-refractivity contribution in [2.75, 3.05) is 6.61 Å². The van der Waals surface area contributed by atoms with Crippen LogP contribution in [0.1, 0.15) is 53.7 Å². The summed E-state index contributed by atoms with van der Waals surface area (Å²) >= 11 is 0. The van der Waals surface area contributed by atoms with Crippen molar-refractivity contribution in [3.63, 3.8) is 0 Å². The van der Waals surface area contributed by atoms with Gasteiger partial charge in [0.2, 0.25) is 5.88 Å². The molecule has 2 heterocycles. The third kappa shape index (κ3) is 5.98. The van der Waals surface area contributed by atoms with E-state index in [0.717, 1.165) is 6.42 Å². The highest BCUT2D eigenvalue weighted by Gasteiger charge is 2.20. The van der Waals surface area contributed by atoms with E-state index >= 15 is 0 Å². The predicted molar refractivity (Wildman–Crippen MR) is 111 cm³/mol. The van der Waals surface area contributed by atoms with Crippen LogP contribution in [0, 0.1) is 17.2 Å². The molecule has 2 rings (SSSR count). The molecule has 0 bridgehead atoms. The van der Waals surface area contributed by atoms with E-state index in [4.69, 9.17) is 14.2 Å². The number of nitrogens with zero attached hydrogens (tertiary/aromatic N) is 3. The van der Waals surface area contributed by atoms with Crippen LogP contribution in [-0.4, -0.2) is 34.2 Å². The highest BCUT2D eigenvalue weighted by atomic mass is 16.5. The molecule has 0 atom stereocenters. The Hall–Kier alpha value is -3.01. The monoisotopic (exact) mass is 399 g/mol. The van der Waals surface area contributed by atoms with Crippen molar-refractivity contribution in [1.82, 2.24) is 9.38 Å². The number of aromatic nitrogens is 2. The van der Waals surface area contributed by atoms with Gasteiger partial charge in [0.05, 0.1) is 18.8 Å². The maximum atomic E-state index is 12.4. The summed E-state index contributed by atoms with van der Waals surface area (Å²) in [5.41, 5.74) is 0.924. The largest absolute Gasteiger partial charge is 0.487 e. The molecule has 156 valence electrons. The van der Waals surface area contributed by atoms with E-state index in [1.165, 1.54) is 6.08 Å². The van der Waals surface area contributed by atoms with Crippen molar-refractivity contribution >= 4 is 17.7 Å². The molecule has 0 spiro atoms. The summed E-state index contributed by atoms with van der Waals surface area (Å²) in [6, 6.07) is 5.56. The van der Waals surface area contributed by atoms with Gasteiger partial charge in [-0.25, -0.2) is 4.79 Å². The minimum absolute atomic E-state index is 0.0306. The maximum absolute atomic E-state index is 12.4. The third-order valence-corrected chi connectivity index (χ3v) is 3.88. The molecule has 0 saturated heterocycles. The van der Waals surface area contributed by atoms with E-state index in [2.05, 4.69) is 4.98 Å². The summed E-state index contributed by atoms with van der Waals surface area (Å²) in [7, 11) is 0. The van der Waals surface area contributed by atoms with Gasteiger partial charge in [-0.2, -0.15) is 10.2 Å². The van der Waals surface area contributed by atoms with Gasteiger partial charge in [-0.15, -0.1) is 0 Å². The molecule has 0 aliphatic heterocycles. The third-order valence-electron chi connectivity index (χ3n) is 3.88. The normalized spacial score (nSPS) is 11.9. The standard InChI is InChI=1S/C22H29N3O4/c1-14(2)9-11-27-22(26)17(13-23)12-18-21(29-16(5)6)24-20-19(28-15(3)4)8-7-10-25(18)20/h7-8,10,12,14-16H,9,11H2,1-6H3. The molecule has 7 nitrogen and oxygen atoms in total. The van der Waals surface area contributed by atoms with E-state index in [1.807, 2.05) is 59.7 Å². The highest BCUT2D eigenvalue weighted by Crippen LogP contribution is 2.29. The van der Waals surface area contributed by atoms with Crippen LogP contribution in [-0.2, 0) is 9.53 Å². The molecule has 0 aliphatic carbocycles. The van der Waals surface area contributed by atoms with E-state index in [9.17, 15) is 10.1 Å². The maximum Gasteiger partial charge on any atom is 0.348 e. The SMILES string of the molecule is CC(C)CCOC(=O)C(C#N)=Cc1c(OC(C)C)nc2c(OC(C)C)cccn12. The molecule has 0 radical (unpaired) electrons. The molecule has 2 aromatic heterocycles. The average molecular weight is 399 g/mol. The number of pyridine rings is 1. The number of rotatable bonds is 9. The Bertz CT molecular complexity index is 920. The fourth-order valence-corrected chi connectivity index (χ4v) is 2.57. The lowest BCUT2D eigenvalue weighted by Crippen LogP contribution is -2.10. The van der Waals surface area contributed by atoms with Crippen molar-refractivity contribution in [3.05, 3.63) is 29.6 Å². The quantitative estimate of drug-likeness (QED) is 0.353. The van der Waals surface area contributed by atoms with Crippen LogP contribution in [0.4, 0.5) is 0 Å². The first-order valence-corrected chi connectivity index (χ1v) is 9.86. The second-order valence-corrected chi connectivity index (χ2v) is 7.69. The van der Waals surface area contributed by atoms with E-state index in [0.29, 0.717) is 28.9 Å². The Morgan fingerprint density at radius 3 is 2.48 bits per heavy atom. The van der Waals surface area contributed by atoms with Crippen LogP contribution in [0.15, 0.2) is 23.9 Å². The molecule has 0 fully saturated rings. The lowest BCUT2D eigenvalue weighted by molar-refractivity contribution is -0.138. The fourth-order valence-electron chi connectivity index (χ4n) is 2.57.